The molecule has 2 fully saturated rings. The van der Waals surface area contributed by atoms with E-state index in [1.54, 1.807) is 0 Å². The van der Waals surface area contributed by atoms with Gasteiger partial charge < -0.3 is 10.1 Å². The van der Waals surface area contributed by atoms with E-state index in [1.807, 2.05) is 36.4 Å². The highest BCUT2D eigenvalue weighted by Crippen LogP contribution is 2.26. The molecule has 2 saturated heterocycles. The van der Waals surface area contributed by atoms with Crippen molar-refractivity contribution < 1.29 is 9.53 Å². The first kappa shape index (κ1) is 21.0. The highest BCUT2D eigenvalue weighted by atomic mass is 16.5. The Bertz CT molecular complexity index is 1080. The van der Waals surface area contributed by atoms with Gasteiger partial charge in [0, 0.05) is 43.5 Å². The topological polar surface area (TPSA) is 78.2 Å². The number of nitrogens with one attached hydrogen (secondary N) is 1. The Hall–Kier alpha value is -3.27. The van der Waals surface area contributed by atoms with Crippen LogP contribution in [0.4, 0.5) is 0 Å². The summed E-state index contributed by atoms with van der Waals surface area (Å²) >= 11 is 0. The van der Waals surface area contributed by atoms with Crippen LogP contribution in [0.1, 0.15) is 24.0 Å². The molecule has 0 saturated carbocycles. The van der Waals surface area contributed by atoms with E-state index in [2.05, 4.69) is 34.5 Å². The number of carbonyl (C=O) groups is 1. The number of ether oxygens (including phenoxy) is 1. The zero-order valence-corrected chi connectivity index (χ0v) is 17.5. The van der Waals surface area contributed by atoms with Gasteiger partial charge in [-0.2, -0.15) is 5.26 Å². The smallest absolute Gasteiger partial charge is 0.220 e. The molecular weight excluding hydrogens is 388 g/mol. The summed E-state index contributed by atoms with van der Waals surface area (Å²) in [5, 5.41) is 13.0. The number of aromatic nitrogens is 1. The highest BCUT2D eigenvalue weighted by Gasteiger charge is 2.14. The summed E-state index contributed by atoms with van der Waals surface area (Å²) in [6, 6.07) is 20.4. The molecule has 6 heteroatoms. The van der Waals surface area contributed by atoms with Crippen LogP contribution in [0.3, 0.4) is 0 Å². The molecule has 2 aliphatic rings. The SMILES string of the molecule is N#Cc1ccc2c(CN3CCOCC3)cc(-c3ccccc3)nc2c1.O=C1CCCN1. The van der Waals surface area contributed by atoms with Crippen molar-refractivity contribution in [3.63, 3.8) is 0 Å². The summed E-state index contributed by atoms with van der Waals surface area (Å²) in [4.78, 5) is 17.4. The van der Waals surface area contributed by atoms with Gasteiger partial charge in [0.05, 0.1) is 36.1 Å². The lowest BCUT2D eigenvalue weighted by molar-refractivity contribution is -0.119. The van der Waals surface area contributed by atoms with Crippen LogP contribution in [0.15, 0.2) is 54.6 Å². The number of fused-ring (bicyclic) bond motifs is 1. The molecule has 1 N–H and O–H groups in total. The van der Waals surface area contributed by atoms with E-state index in [1.165, 1.54) is 5.56 Å². The Morgan fingerprint density at radius 2 is 1.90 bits per heavy atom. The van der Waals surface area contributed by atoms with E-state index in [0.717, 1.165) is 74.4 Å². The molecule has 0 radical (unpaired) electrons. The Balaban J connectivity index is 0.000000334. The highest BCUT2D eigenvalue weighted by molar-refractivity contribution is 5.86. The Morgan fingerprint density at radius 3 is 2.55 bits per heavy atom. The molecule has 0 unspecified atom stereocenters. The normalized spacial score (nSPS) is 16.3. The lowest BCUT2D eigenvalue weighted by Crippen LogP contribution is -2.35. The maximum Gasteiger partial charge on any atom is 0.220 e. The fraction of sp³-hybridized carbons (Fsp3) is 0.320. The molecule has 2 aromatic carbocycles. The minimum atomic E-state index is 0.204. The number of hydrogen-bond acceptors (Lipinski definition) is 5. The largest absolute Gasteiger partial charge is 0.379 e. The molecule has 1 aromatic heterocycles. The van der Waals surface area contributed by atoms with Gasteiger partial charge >= 0.3 is 0 Å². The first-order valence-electron chi connectivity index (χ1n) is 10.7. The number of rotatable bonds is 3. The molecule has 2 aliphatic heterocycles. The number of pyridine rings is 1. The lowest BCUT2D eigenvalue weighted by atomic mass is 10.0. The number of nitriles is 1. The van der Waals surface area contributed by atoms with Crippen molar-refractivity contribution in [2.75, 3.05) is 32.8 Å². The summed E-state index contributed by atoms with van der Waals surface area (Å²) in [7, 11) is 0. The summed E-state index contributed by atoms with van der Waals surface area (Å²) in [5.41, 5.74) is 4.81. The quantitative estimate of drug-likeness (QED) is 0.710. The second kappa shape index (κ2) is 10.2. The average molecular weight is 415 g/mol. The van der Waals surface area contributed by atoms with Crippen molar-refractivity contribution >= 4 is 16.8 Å². The Kier molecular flexibility index (Phi) is 6.88. The average Bonchev–Trinajstić information content (AvgIpc) is 3.31. The van der Waals surface area contributed by atoms with E-state index >= 15 is 0 Å². The van der Waals surface area contributed by atoms with Crippen molar-refractivity contribution in [2.45, 2.75) is 19.4 Å². The molecule has 5 rings (SSSR count). The van der Waals surface area contributed by atoms with Gasteiger partial charge in [-0.15, -0.1) is 0 Å². The number of hydrogen-bond donors (Lipinski definition) is 1. The third-order valence-electron chi connectivity index (χ3n) is 5.49. The predicted molar refractivity (Wildman–Crippen MR) is 120 cm³/mol. The first-order chi connectivity index (χ1) is 15.2. The van der Waals surface area contributed by atoms with Crippen molar-refractivity contribution in [2.24, 2.45) is 0 Å². The minimum Gasteiger partial charge on any atom is -0.379 e. The van der Waals surface area contributed by atoms with Gasteiger partial charge in [0.15, 0.2) is 0 Å². The standard InChI is InChI=1S/C21H19N3O.C4H7NO/c22-14-16-6-7-19-18(15-24-8-10-25-11-9-24)13-20(23-21(19)12-16)17-4-2-1-3-5-17;6-4-2-1-3-5-4/h1-7,12-13H,8-11,15H2;1-3H2,(H,5,6). The fourth-order valence-electron chi connectivity index (χ4n) is 3.82. The molecule has 31 heavy (non-hydrogen) atoms. The van der Waals surface area contributed by atoms with Crippen LogP contribution < -0.4 is 5.32 Å². The van der Waals surface area contributed by atoms with E-state index in [4.69, 9.17) is 9.72 Å². The number of morpholine rings is 1. The van der Waals surface area contributed by atoms with Gasteiger partial charge in [-0.1, -0.05) is 36.4 Å². The molecular formula is C25H26N4O2. The van der Waals surface area contributed by atoms with Crippen molar-refractivity contribution in [3.8, 4) is 17.3 Å². The zero-order valence-electron chi connectivity index (χ0n) is 17.5. The van der Waals surface area contributed by atoms with Crippen molar-refractivity contribution in [1.82, 2.24) is 15.2 Å². The number of benzene rings is 2. The molecule has 0 spiro atoms. The van der Waals surface area contributed by atoms with Crippen LogP contribution in [0.25, 0.3) is 22.2 Å². The Morgan fingerprint density at radius 1 is 1.10 bits per heavy atom. The van der Waals surface area contributed by atoms with E-state index in [-0.39, 0.29) is 5.91 Å². The van der Waals surface area contributed by atoms with Crippen LogP contribution in [0.2, 0.25) is 0 Å². The number of carbonyl (C=O) groups excluding carboxylic acids is 1. The predicted octanol–water partition coefficient (Wildman–Crippen LogP) is 3.50. The fourth-order valence-corrected chi connectivity index (χ4v) is 3.82. The van der Waals surface area contributed by atoms with Gasteiger partial charge in [-0.3, -0.25) is 9.69 Å². The number of nitrogens with zero attached hydrogens (tertiary/aromatic N) is 3. The monoisotopic (exact) mass is 414 g/mol. The van der Waals surface area contributed by atoms with Crippen molar-refractivity contribution in [1.29, 1.82) is 5.26 Å². The van der Waals surface area contributed by atoms with Crippen LogP contribution >= 0.6 is 0 Å². The van der Waals surface area contributed by atoms with Crippen LogP contribution in [-0.4, -0.2) is 48.6 Å². The minimum absolute atomic E-state index is 0.204. The number of amides is 1. The lowest BCUT2D eigenvalue weighted by Gasteiger charge is -2.27. The van der Waals surface area contributed by atoms with E-state index < -0.39 is 0 Å². The molecule has 3 aromatic rings. The molecule has 0 bridgehead atoms. The second-order valence-electron chi connectivity index (χ2n) is 7.72. The van der Waals surface area contributed by atoms with Gasteiger partial charge in [-0.25, -0.2) is 4.98 Å². The molecule has 0 atom stereocenters. The van der Waals surface area contributed by atoms with Gasteiger partial charge in [0.1, 0.15) is 0 Å². The van der Waals surface area contributed by atoms with Crippen molar-refractivity contribution in [3.05, 3.63) is 65.7 Å². The first-order valence-corrected chi connectivity index (χ1v) is 10.7. The second-order valence-corrected chi connectivity index (χ2v) is 7.72. The molecule has 3 heterocycles. The summed E-state index contributed by atoms with van der Waals surface area (Å²) in [6.07, 6.45) is 1.76. The van der Waals surface area contributed by atoms with Gasteiger partial charge in [0.2, 0.25) is 5.91 Å². The third kappa shape index (κ3) is 5.46. The van der Waals surface area contributed by atoms with Gasteiger partial charge in [0.25, 0.3) is 0 Å². The van der Waals surface area contributed by atoms with Crippen LogP contribution in [-0.2, 0) is 16.1 Å². The summed E-state index contributed by atoms with van der Waals surface area (Å²) in [5.74, 6) is 0.204. The van der Waals surface area contributed by atoms with Gasteiger partial charge in [-0.05, 0) is 30.2 Å². The third-order valence-corrected chi connectivity index (χ3v) is 5.49. The maximum absolute atomic E-state index is 10.1. The molecule has 0 aliphatic carbocycles. The van der Waals surface area contributed by atoms with E-state index in [0.29, 0.717) is 5.56 Å². The zero-order chi connectivity index (χ0) is 21.5. The Labute approximate surface area is 182 Å². The summed E-state index contributed by atoms with van der Waals surface area (Å²) < 4.78 is 5.46. The maximum atomic E-state index is 10.1. The van der Waals surface area contributed by atoms with Crippen LogP contribution in [0, 0.1) is 11.3 Å². The summed E-state index contributed by atoms with van der Waals surface area (Å²) in [6.45, 7) is 5.22. The van der Waals surface area contributed by atoms with E-state index in [9.17, 15) is 10.1 Å². The van der Waals surface area contributed by atoms with Crippen LogP contribution in [0.5, 0.6) is 0 Å². The molecule has 158 valence electrons. The molecule has 6 nitrogen and oxygen atoms in total. The molecule has 1 amide bonds.